The number of carbonyl (C=O) groups is 1. The largest absolute Gasteiger partial charge is 0.350 e. The van der Waals surface area contributed by atoms with Gasteiger partial charge in [-0.15, -0.1) is 0 Å². The van der Waals surface area contributed by atoms with Gasteiger partial charge in [0, 0.05) is 12.2 Å². The average molecular weight is 351 g/mol. The van der Waals surface area contributed by atoms with Crippen LogP contribution in [0.4, 0.5) is 0 Å². The van der Waals surface area contributed by atoms with Crippen LogP contribution < -0.4 is 5.32 Å². The Morgan fingerprint density at radius 1 is 1.15 bits per heavy atom. The van der Waals surface area contributed by atoms with Gasteiger partial charge in [0.15, 0.2) is 0 Å². The minimum absolute atomic E-state index is 0.106. The summed E-state index contributed by atoms with van der Waals surface area (Å²) in [4.78, 5) is 17.0. The molecule has 4 nitrogen and oxygen atoms in total. The van der Waals surface area contributed by atoms with E-state index < -0.39 is 0 Å². The molecule has 0 spiro atoms. The van der Waals surface area contributed by atoms with E-state index in [1.165, 1.54) is 5.57 Å². The van der Waals surface area contributed by atoms with Crippen molar-refractivity contribution in [2.24, 2.45) is 0 Å². The van der Waals surface area contributed by atoms with Crippen molar-refractivity contribution in [3.8, 4) is 5.69 Å². The third-order valence-electron chi connectivity index (χ3n) is 4.28. The summed E-state index contributed by atoms with van der Waals surface area (Å²) in [5.74, 6) is 0.715. The van der Waals surface area contributed by atoms with E-state index in [2.05, 4.69) is 28.5 Å². The van der Waals surface area contributed by atoms with Gasteiger partial charge in [-0.1, -0.05) is 55.8 Å². The van der Waals surface area contributed by atoms with Gasteiger partial charge >= 0.3 is 0 Å². The number of carbonyl (C=O) groups excluding carboxylic acids is 1. The molecule has 0 unspecified atom stereocenters. The Balaban J connectivity index is 0.00000117. The van der Waals surface area contributed by atoms with Crippen LogP contribution in [0.25, 0.3) is 5.69 Å². The molecule has 1 amide bonds. The maximum Gasteiger partial charge on any atom is 0.271 e. The van der Waals surface area contributed by atoms with Crippen molar-refractivity contribution in [1.29, 1.82) is 0 Å². The van der Waals surface area contributed by atoms with E-state index in [1.807, 2.05) is 62.6 Å². The minimum atomic E-state index is -0.106. The van der Waals surface area contributed by atoms with Crippen molar-refractivity contribution in [3.05, 3.63) is 71.3 Å². The summed E-state index contributed by atoms with van der Waals surface area (Å²) in [6.07, 6.45) is 9.65. The lowest BCUT2D eigenvalue weighted by molar-refractivity contribution is 0.0949. The van der Waals surface area contributed by atoms with E-state index in [0.717, 1.165) is 36.5 Å². The summed E-state index contributed by atoms with van der Waals surface area (Å²) in [7, 11) is 0. The molecule has 0 bridgehead atoms. The number of imidazole rings is 1. The highest BCUT2D eigenvalue weighted by molar-refractivity contribution is 5.93. The topological polar surface area (TPSA) is 46.9 Å². The molecule has 3 rings (SSSR count). The lowest BCUT2D eigenvalue weighted by Crippen LogP contribution is -2.26. The summed E-state index contributed by atoms with van der Waals surface area (Å²) < 4.78 is 2.02. The Bertz CT molecular complexity index is 785. The van der Waals surface area contributed by atoms with E-state index in [1.54, 1.807) is 0 Å². The Hall–Kier alpha value is -2.62. The highest BCUT2D eigenvalue weighted by Gasteiger charge is 2.18. The maximum absolute atomic E-state index is 12.5. The van der Waals surface area contributed by atoms with Crippen LogP contribution >= 0.6 is 0 Å². The fourth-order valence-corrected chi connectivity index (χ4v) is 3.07. The second-order valence-electron chi connectivity index (χ2n) is 6.03. The number of nitrogens with zero attached hydrogens (tertiary/aromatic N) is 2. The molecule has 0 saturated heterocycles. The summed E-state index contributed by atoms with van der Waals surface area (Å²) in [5.41, 5.74) is 3.69. The average Bonchev–Trinajstić information content (AvgIpc) is 2.99. The molecule has 2 aromatic rings. The second kappa shape index (κ2) is 9.76. The van der Waals surface area contributed by atoms with Gasteiger partial charge in [-0.05, 0) is 45.2 Å². The van der Waals surface area contributed by atoms with Gasteiger partial charge in [-0.25, -0.2) is 4.98 Å². The quantitative estimate of drug-likeness (QED) is 0.832. The molecule has 0 radical (unpaired) electrons. The Labute approximate surface area is 156 Å². The number of hydrogen-bond acceptors (Lipinski definition) is 2. The van der Waals surface area contributed by atoms with Crippen molar-refractivity contribution in [1.82, 2.24) is 14.9 Å². The van der Waals surface area contributed by atoms with E-state index in [9.17, 15) is 4.79 Å². The van der Waals surface area contributed by atoms with E-state index >= 15 is 0 Å². The van der Waals surface area contributed by atoms with Crippen LogP contribution in [0.5, 0.6) is 0 Å². The maximum atomic E-state index is 12.5. The number of aromatic nitrogens is 2. The highest BCUT2D eigenvalue weighted by atomic mass is 16.1. The summed E-state index contributed by atoms with van der Waals surface area (Å²) >= 11 is 0. The molecular formula is C22H29N3O. The molecule has 0 fully saturated rings. The van der Waals surface area contributed by atoms with Gasteiger partial charge in [0.2, 0.25) is 0 Å². The Kier molecular flexibility index (Phi) is 7.39. The van der Waals surface area contributed by atoms with Gasteiger partial charge in [0.25, 0.3) is 5.91 Å². The Morgan fingerprint density at radius 3 is 2.54 bits per heavy atom. The van der Waals surface area contributed by atoms with Gasteiger partial charge in [-0.2, -0.15) is 0 Å². The molecule has 1 aliphatic carbocycles. The minimum Gasteiger partial charge on any atom is -0.350 e. The van der Waals surface area contributed by atoms with Crippen molar-refractivity contribution in [2.45, 2.75) is 47.0 Å². The van der Waals surface area contributed by atoms with E-state index in [0.29, 0.717) is 12.2 Å². The SMILES string of the molecule is CC.Cc1nc(C(=O)NCCC2=CCCC=C2)c(C)n1-c1ccccc1. The van der Waals surface area contributed by atoms with E-state index in [4.69, 9.17) is 0 Å². The monoisotopic (exact) mass is 351 g/mol. The number of aryl methyl sites for hydroxylation is 1. The van der Waals surface area contributed by atoms with Crippen molar-refractivity contribution in [3.63, 3.8) is 0 Å². The smallest absolute Gasteiger partial charge is 0.271 e. The van der Waals surface area contributed by atoms with Crippen LogP contribution in [0.2, 0.25) is 0 Å². The standard InChI is InChI=1S/C20H23N3O.C2H6/c1-15-19(20(24)21-14-13-17-9-5-3-6-10-17)22-16(2)23(15)18-11-7-4-8-12-18;1-2/h4-5,7-12H,3,6,13-14H2,1-2H3,(H,21,24);1-2H3. The van der Waals surface area contributed by atoms with Crippen molar-refractivity contribution in [2.75, 3.05) is 6.54 Å². The number of allylic oxidation sites excluding steroid dienone is 3. The molecule has 4 heteroatoms. The van der Waals surface area contributed by atoms with Crippen molar-refractivity contribution < 1.29 is 4.79 Å². The number of benzene rings is 1. The summed E-state index contributed by atoms with van der Waals surface area (Å²) in [6.45, 7) is 8.49. The van der Waals surface area contributed by atoms with Crippen LogP contribution in [-0.4, -0.2) is 22.0 Å². The first kappa shape index (κ1) is 19.7. The molecule has 138 valence electrons. The normalized spacial score (nSPS) is 12.8. The third kappa shape index (κ3) is 4.72. The zero-order valence-electron chi connectivity index (χ0n) is 16.2. The second-order valence-corrected chi connectivity index (χ2v) is 6.03. The van der Waals surface area contributed by atoms with Crippen molar-refractivity contribution >= 4 is 5.91 Å². The Morgan fingerprint density at radius 2 is 1.88 bits per heavy atom. The van der Waals surface area contributed by atoms with Crippen LogP contribution in [0.3, 0.4) is 0 Å². The summed E-state index contributed by atoms with van der Waals surface area (Å²) in [5, 5.41) is 2.99. The van der Waals surface area contributed by atoms with Gasteiger partial charge in [-0.3, -0.25) is 4.79 Å². The molecule has 1 aromatic carbocycles. The molecule has 1 N–H and O–H groups in total. The fraction of sp³-hybridized carbons (Fsp3) is 0.364. The first-order valence-electron chi connectivity index (χ1n) is 9.42. The number of para-hydroxylation sites is 1. The molecule has 0 aliphatic heterocycles. The van der Waals surface area contributed by atoms with E-state index in [-0.39, 0.29) is 5.91 Å². The highest BCUT2D eigenvalue weighted by Crippen LogP contribution is 2.18. The van der Waals surface area contributed by atoms with Crippen LogP contribution in [0.15, 0.2) is 54.1 Å². The predicted molar refractivity (Wildman–Crippen MR) is 108 cm³/mol. The molecule has 1 aliphatic rings. The third-order valence-corrected chi connectivity index (χ3v) is 4.28. The number of hydrogen-bond donors (Lipinski definition) is 1. The number of amides is 1. The zero-order valence-corrected chi connectivity index (χ0v) is 16.2. The molecule has 1 aromatic heterocycles. The molecule has 1 heterocycles. The van der Waals surface area contributed by atoms with Gasteiger partial charge < -0.3 is 9.88 Å². The molecular weight excluding hydrogens is 322 g/mol. The molecule has 26 heavy (non-hydrogen) atoms. The molecule has 0 saturated carbocycles. The first-order valence-corrected chi connectivity index (χ1v) is 9.42. The van der Waals surface area contributed by atoms with Crippen LogP contribution in [0.1, 0.15) is 55.1 Å². The lowest BCUT2D eigenvalue weighted by atomic mass is 10.0. The predicted octanol–water partition coefficient (Wildman–Crippen LogP) is 4.91. The van der Waals surface area contributed by atoms with Gasteiger partial charge in [0.05, 0.1) is 5.69 Å². The van der Waals surface area contributed by atoms with Crippen LogP contribution in [0, 0.1) is 13.8 Å². The fourth-order valence-electron chi connectivity index (χ4n) is 3.07. The van der Waals surface area contributed by atoms with Gasteiger partial charge in [0.1, 0.15) is 11.5 Å². The van der Waals surface area contributed by atoms with Crippen LogP contribution in [-0.2, 0) is 0 Å². The summed E-state index contributed by atoms with van der Waals surface area (Å²) in [6, 6.07) is 9.99. The number of nitrogens with one attached hydrogen (secondary N) is 1. The lowest BCUT2D eigenvalue weighted by Gasteiger charge is -2.09. The number of rotatable bonds is 5. The zero-order chi connectivity index (χ0) is 18.9. The molecule has 0 atom stereocenters. The first-order chi connectivity index (χ1) is 12.7.